The summed E-state index contributed by atoms with van der Waals surface area (Å²) in [5.74, 6) is 1.18. The largest absolute Gasteiger partial charge is 0.489 e. The molecule has 0 spiro atoms. The molecule has 1 aromatic heterocycles. The maximum absolute atomic E-state index is 11.8. The molecule has 5 rings (SSSR count). The van der Waals surface area contributed by atoms with Gasteiger partial charge in [-0.1, -0.05) is 78.1 Å². The Labute approximate surface area is 248 Å². The molecule has 1 fully saturated rings. The minimum absolute atomic E-state index is 0.0769. The van der Waals surface area contributed by atoms with Crippen molar-refractivity contribution in [3.8, 4) is 17.0 Å². The first-order valence-corrected chi connectivity index (χ1v) is 14.1. The van der Waals surface area contributed by atoms with Crippen LogP contribution < -0.4 is 10.5 Å². The van der Waals surface area contributed by atoms with Crippen molar-refractivity contribution in [3.63, 3.8) is 0 Å². The summed E-state index contributed by atoms with van der Waals surface area (Å²) in [5, 5.41) is 5.86. The number of halogens is 3. The van der Waals surface area contributed by atoms with Crippen LogP contribution in [0.3, 0.4) is 0 Å². The minimum atomic E-state index is -0.367. The van der Waals surface area contributed by atoms with Crippen molar-refractivity contribution in [2.75, 3.05) is 13.7 Å². The summed E-state index contributed by atoms with van der Waals surface area (Å²) in [6.07, 6.45) is 0.862. The molecule has 4 aromatic rings. The van der Waals surface area contributed by atoms with E-state index in [-0.39, 0.29) is 29.8 Å². The maximum Gasteiger partial charge on any atom is 0.337 e. The van der Waals surface area contributed by atoms with Crippen LogP contribution in [0.5, 0.6) is 5.75 Å². The third-order valence-electron chi connectivity index (χ3n) is 7.59. The van der Waals surface area contributed by atoms with Crippen LogP contribution in [0.2, 0.25) is 15.1 Å². The number of aromatic nitrogens is 1. The zero-order chi connectivity index (χ0) is 28.6. The molecule has 2 unspecified atom stereocenters. The first-order valence-electron chi connectivity index (χ1n) is 12.9. The highest BCUT2D eigenvalue weighted by Gasteiger charge is 2.55. The van der Waals surface area contributed by atoms with E-state index in [0.29, 0.717) is 49.9 Å². The van der Waals surface area contributed by atoms with Crippen molar-refractivity contribution in [1.29, 1.82) is 0 Å². The monoisotopic (exact) mass is 598 g/mol. The fourth-order valence-corrected chi connectivity index (χ4v) is 6.18. The summed E-state index contributed by atoms with van der Waals surface area (Å²) < 4.78 is 16.7. The second-order valence-corrected chi connectivity index (χ2v) is 11.5. The van der Waals surface area contributed by atoms with E-state index in [0.717, 1.165) is 23.1 Å². The third-order valence-corrected chi connectivity index (χ3v) is 8.55. The van der Waals surface area contributed by atoms with Gasteiger partial charge in [0.2, 0.25) is 0 Å². The van der Waals surface area contributed by atoms with Crippen LogP contribution in [0.15, 0.2) is 65.2 Å². The van der Waals surface area contributed by atoms with Crippen LogP contribution in [0.25, 0.3) is 11.3 Å². The number of nitrogens with zero attached hydrogens (tertiary/aromatic N) is 1. The Balaban J connectivity index is 1.36. The molecule has 40 heavy (non-hydrogen) atoms. The first-order chi connectivity index (χ1) is 19.2. The van der Waals surface area contributed by atoms with Crippen LogP contribution in [-0.2, 0) is 16.8 Å². The number of carbonyl (C=O) groups excluding carboxylic acids is 1. The Morgan fingerprint density at radius 2 is 1.77 bits per heavy atom. The Bertz CT molecular complexity index is 1530. The smallest absolute Gasteiger partial charge is 0.337 e. The molecular formula is C31H29Cl3N2O4. The standard InChI is InChI=1S/C31H29Cl3N2O4/c1-17(2)29-22(28(36-40-29)27-24(32)5-4-6-25(27)33)15-39-20-11-12-21(26(34)13-20)23-14-31(23,16-35)19-9-7-18(8-10-19)30(37)38-3/h4-13,17,23H,14-16,35H2,1-3H3. The number of ether oxygens (including phenoxy) is 2. The predicted octanol–water partition coefficient (Wildman–Crippen LogP) is 8.17. The molecule has 1 saturated carbocycles. The van der Waals surface area contributed by atoms with Gasteiger partial charge in [-0.05, 0) is 59.9 Å². The molecule has 0 amide bonds. The van der Waals surface area contributed by atoms with Crippen LogP contribution in [0.1, 0.15) is 64.9 Å². The second-order valence-electron chi connectivity index (χ2n) is 10.3. The van der Waals surface area contributed by atoms with Gasteiger partial charge in [0.1, 0.15) is 23.8 Å². The molecule has 2 atom stereocenters. The van der Waals surface area contributed by atoms with Gasteiger partial charge in [-0.25, -0.2) is 4.79 Å². The number of rotatable bonds is 9. The molecule has 0 aliphatic heterocycles. The summed E-state index contributed by atoms with van der Waals surface area (Å²) in [4.78, 5) is 11.8. The van der Waals surface area contributed by atoms with Gasteiger partial charge in [0.15, 0.2) is 0 Å². The summed E-state index contributed by atoms with van der Waals surface area (Å²) in [7, 11) is 1.37. The number of hydrogen-bond acceptors (Lipinski definition) is 6. The number of esters is 1. The number of methoxy groups -OCH3 is 1. The first kappa shape index (κ1) is 28.5. The Morgan fingerprint density at radius 3 is 2.38 bits per heavy atom. The number of benzene rings is 3. The van der Waals surface area contributed by atoms with Gasteiger partial charge >= 0.3 is 5.97 Å². The van der Waals surface area contributed by atoms with Crippen LogP contribution in [0.4, 0.5) is 0 Å². The lowest BCUT2D eigenvalue weighted by atomic mass is 9.90. The van der Waals surface area contributed by atoms with Gasteiger partial charge < -0.3 is 19.7 Å². The Morgan fingerprint density at radius 1 is 1.07 bits per heavy atom. The van der Waals surface area contributed by atoms with Gasteiger partial charge in [-0.15, -0.1) is 0 Å². The average Bonchev–Trinajstić information content (AvgIpc) is 3.54. The molecule has 0 saturated heterocycles. The van der Waals surface area contributed by atoms with Crippen molar-refractivity contribution in [2.45, 2.75) is 44.1 Å². The molecule has 208 valence electrons. The lowest BCUT2D eigenvalue weighted by Gasteiger charge is -2.17. The summed E-state index contributed by atoms with van der Waals surface area (Å²) >= 11 is 19.7. The van der Waals surface area contributed by atoms with Gasteiger partial charge in [-0.2, -0.15) is 0 Å². The molecule has 0 radical (unpaired) electrons. The number of hydrogen-bond donors (Lipinski definition) is 1. The summed E-state index contributed by atoms with van der Waals surface area (Å²) in [6.45, 7) is 4.71. The van der Waals surface area contributed by atoms with E-state index in [1.807, 2.05) is 44.2 Å². The van der Waals surface area contributed by atoms with E-state index in [1.54, 1.807) is 30.3 Å². The van der Waals surface area contributed by atoms with E-state index in [4.69, 9.17) is 54.5 Å². The number of nitrogens with two attached hydrogens (primary N) is 1. The molecule has 2 N–H and O–H groups in total. The normalized spacial score (nSPS) is 18.1. The highest BCUT2D eigenvalue weighted by Crippen LogP contribution is 2.61. The maximum atomic E-state index is 11.8. The third kappa shape index (κ3) is 5.21. The van der Waals surface area contributed by atoms with Gasteiger partial charge in [0, 0.05) is 28.5 Å². The average molecular weight is 600 g/mol. The van der Waals surface area contributed by atoms with E-state index in [1.165, 1.54) is 7.11 Å². The number of carbonyl (C=O) groups is 1. The molecule has 0 bridgehead atoms. The zero-order valence-corrected chi connectivity index (χ0v) is 24.6. The Hall–Kier alpha value is -3.03. The molecule has 6 nitrogen and oxygen atoms in total. The van der Waals surface area contributed by atoms with Crippen LogP contribution in [0, 0.1) is 0 Å². The SMILES string of the molecule is COC(=O)c1ccc(C2(CN)CC2c2ccc(OCc3c(-c4c(Cl)cccc4Cl)noc3C(C)C)cc2Cl)cc1. The molecule has 1 aliphatic carbocycles. The lowest BCUT2D eigenvalue weighted by Crippen LogP contribution is -2.22. The van der Waals surface area contributed by atoms with E-state index >= 15 is 0 Å². The fourth-order valence-electron chi connectivity index (χ4n) is 5.30. The zero-order valence-electron chi connectivity index (χ0n) is 22.3. The highest BCUT2D eigenvalue weighted by atomic mass is 35.5. The summed E-state index contributed by atoms with van der Waals surface area (Å²) in [6, 6.07) is 18.5. The lowest BCUT2D eigenvalue weighted by molar-refractivity contribution is 0.0600. The van der Waals surface area contributed by atoms with Crippen molar-refractivity contribution < 1.29 is 18.8 Å². The minimum Gasteiger partial charge on any atom is -0.489 e. The van der Waals surface area contributed by atoms with Gasteiger partial charge in [0.25, 0.3) is 0 Å². The quantitative estimate of drug-likeness (QED) is 0.195. The molecule has 9 heteroatoms. The fraction of sp³-hybridized carbons (Fsp3) is 0.290. The predicted molar refractivity (Wildman–Crippen MR) is 158 cm³/mol. The van der Waals surface area contributed by atoms with Gasteiger partial charge in [-0.3, -0.25) is 0 Å². The molecule has 3 aromatic carbocycles. The van der Waals surface area contributed by atoms with Crippen molar-refractivity contribution in [3.05, 3.63) is 104 Å². The Kier molecular flexibility index (Phi) is 8.16. The highest BCUT2D eigenvalue weighted by molar-refractivity contribution is 6.39. The van der Waals surface area contributed by atoms with Crippen molar-refractivity contribution in [1.82, 2.24) is 5.16 Å². The van der Waals surface area contributed by atoms with Crippen LogP contribution in [-0.4, -0.2) is 24.8 Å². The van der Waals surface area contributed by atoms with Crippen molar-refractivity contribution in [2.24, 2.45) is 5.73 Å². The van der Waals surface area contributed by atoms with E-state index in [9.17, 15) is 4.79 Å². The summed E-state index contributed by atoms with van der Waals surface area (Å²) in [5.41, 5.74) is 10.6. The van der Waals surface area contributed by atoms with Gasteiger partial charge in [0.05, 0.1) is 28.3 Å². The molecular weight excluding hydrogens is 571 g/mol. The van der Waals surface area contributed by atoms with E-state index in [2.05, 4.69) is 5.16 Å². The van der Waals surface area contributed by atoms with Crippen LogP contribution >= 0.6 is 34.8 Å². The molecule has 1 aliphatic rings. The second kappa shape index (κ2) is 11.5. The molecule has 1 heterocycles. The van der Waals surface area contributed by atoms with Crippen molar-refractivity contribution >= 4 is 40.8 Å². The van der Waals surface area contributed by atoms with E-state index < -0.39 is 0 Å². The topological polar surface area (TPSA) is 87.6 Å².